The number of likely N-dealkylation sites (tertiary alicyclic amines) is 1. The largest absolute Gasteiger partial charge is 0.401 e. The Morgan fingerprint density at radius 3 is 2.65 bits per heavy atom. The first-order valence-corrected chi connectivity index (χ1v) is 8.85. The van der Waals surface area contributed by atoms with Crippen molar-refractivity contribution in [3.63, 3.8) is 0 Å². The van der Waals surface area contributed by atoms with Crippen molar-refractivity contribution in [2.45, 2.75) is 44.3 Å². The topological polar surface area (TPSA) is 32.3 Å². The molecule has 1 N–H and O–H groups in total. The minimum atomic E-state index is -4.14. The summed E-state index contributed by atoms with van der Waals surface area (Å²) in [5.41, 5.74) is 1.25. The highest BCUT2D eigenvalue weighted by molar-refractivity contribution is 7.10. The van der Waals surface area contributed by atoms with Crippen LogP contribution >= 0.6 is 11.3 Å². The predicted octanol–water partition coefficient (Wildman–Crippen LogP) is 3.30. The maximum Gasteiger partial charge on any atom is 0.401 e. The Bertz CT molecular complexity index is 564. The van der Waals surface area contributed by atoms with E-state index < -0.39 is 12.7 Å². The van der Waals surface area contributed by atoms with Crippen molar-refractivity contribution >= 4 is 17.2 Å². The number of carbonyl (C=O) groups is 1. The van der Waals surface area contributed by atoms with Crippen molar-refractivity contribution in [2.24, 2.45) is 5.92 Å². The number of hydrogen-bond acceptors (Lipinski definition) is 3. The number of halogens is 3. The van der Waals surface area contributed by atoms with E-state index in [1.165, 1.54) is 15.3 Å². The zero-order valence-corrected chi connectivity index (χ0v) is 13.8. The van der Waals surface area contributed by atoms with Crippen LogP contribution in [0.3, 0.4) is 0 Å². The minimum absolute atomic E-state index is 0.0117. The molecule has 1 aliphatic heterocycles. The first-order chi connectivity index (χ1) is 10.8. The molecule has 7 heteroatoms. The Morgan fingerprint density at radius 1 is 1.39 bits per heavy atom. The third kappa shape index (κ3) is 4.26. The van der Waals surface area contributed by atoms with Gasteiger partial charge in [-0.25, -0.2) is 0 Å². The van der Waals surface area contributed by atoms with Gasteiger partial charge >= 0.3 is 6.18 Å². The SMILES string of the molecule is Cc1ccsc1[C@@H]1C[C@H]1C(=O)NC1CCN(CC(F)(F)F)CC1. The second-order valence-corrected chi connectivity index (χ2v) is 7.54. The summed E-state index contributed by atoms with van der Waals surface area (Å²) in [5.74, 6) is 0.443. The van der Waals surface area contributed by atoms with Crippen LogP contribution in [0.4, 0.5) is 13.2 Å². The molecule has 0 unspecified atom stereocenters. The molecule has 1 saturated carbocycles. The monoisotopic (exact) mass is 346 g/mol. The fourth-order valence-corrected chi connectivity index (χ4v) is 4.44. The van der Waals surface area contributed by atoms with E-state index >= 15 is 0 Å². The Balaban J connectivity index is 1.43. The molecule has 0 spiro atoms. The van der Waals surface area contributed by atoms with Crippen LogP contribution in [0, 0.1) is 12.8 Å². The molecular weight excluding hydrogens is 325 g/mol. The van der Waals surface area contributed by atoms with E-state index in [0.29, 0.717) is 31.8 Å². The van der Waals surface area contributed by atoms with Crippen LogP contribution in [0.5, 0.6) is 0 Å². The first kappa shape index (κ1) is 16.8. The van der Waals surface area contributed by atoms with Crippen molar-refractivity contribution in [3.8, 4) is 0 Å². The first-order valence-electron chi connectivity index (χ1n) is 7.97. The van der Waals surface area contributed by atoms with E-state index in [2.05, 4.69) is 18.3 Å². The number of nitrogens with one attached hydrogen (secondary N) is 1. The fourth-order valence-electron chi connectivity index (χ4n) is 3.34. The van der Waals surface area contributed by atoms with Gasteiger partial charge in [-0.05, 0) is 43.2 Å². The van der Waals surface area contributed by atoms with Crippen LogP contribution in [-0.4, -0.2) is 42.7 Å². The third-order valence-electron chi connectivity index (χ3n) is 4.70. The van der Waals surface area contributed by atoms with Crippen LogP contribution in [0.1, 0.15) is 35.6 Å². The molecule has 0 radical (unpaired) electrons. The molecule has 1 aromatic heterocycles. The second kappa shape index (κ2) is 6.43. The van der Waals surface area contributed by atoms with Gasteiger partial charge in [0.05, 0.1) is 6.54 Å². The van der Waals surface area contributed by atoms with Gasteiger partial charge in [-0.15, -0.1) is 11.3 Å². The Morgan fingerprint density at radius 2 is 2.09 bits per heavy atom. The van der Waals surface area contributed by atoms with E-state index in [-0.39, 0.29) is 17.9 Å². The molecule has 2 aliphatic rings. The molecule has 23 heavy (non-hydrogen) atoms. The number of carbonyl (C=O) groups excluding carboxylic acids is 1. The van der Waals surface area contributed by atoms with E-state index in [1.54, 1.807) is 11.3 Å². The molecular formula is C16H21F3N2OS. The Labute approximate surface area is 137 Å². The summed E-state index contributed by atoms with van der Waals surface area (Å²) in [6.45, 7) is 2.00. The molecule has 3 rings (SSSR count). The Kier molecular flexibility index (Phi) is 4.69. The third-order valence-corrected chi connectivity index (χ3v) is 5.85. The van der Waals surface area contributed by atoms with E-state index in [4.69, 9.17) is 0 Å². The smallest absolute Gasteiger partial charge is 0.353 e. The van der Waals surface area contributed by atoms with Gasteiger partial charge in [0.2, 0.25) is 5.91 Å². The van der Waals surface area contributed by atoms with E-state index in [9.17, 15) is 18.0 Å². The van der Waals surface area contributed by atoms with Gasteiger partial charge in [-0.2, -0.15) is 13.2 Å². The van der Waals surface area contributed by atoms with Gasteiger partial charge in [0.15, 0.2) is 0 Å². The molecule has 0 aromatic carbocycles. The lowest BCUT2D eigenvalue weighted by Crippen LogP contribution is -2.47. The molecule has 128 valence electrons. The summed E-state index contributed by atoms with van der Waals surface area (Å²) >= 11 is 1.70. The number of alkyl halides is 3. The van der Waals surface area contributed by atoms with Crippen molar-refractivity contribution in [1.29, 1.82) is 0 Å². The zero-order chi connectivity index (χ0) is 16.6. The molecule has 2 atom stereocenters. The van der Waals surface area contributed by atoms with Crippen molar-refractivity contribution in [3.05, 3.63) is 21.9 Å². The summed E-state index contributed by atoms with van der Waals surface area (Å²) in [7, 11) is 0. The minimum Gasteiger partial charge on any atom is -0.353 e. The zero-order valence-electron chi connectivity index (χ0n) is 13.0. The summed E-state index contributed by atoms with van der Waals surface area (Å²) in [6, 6.07) is 2.08. The maximum atomic E-state index is 12.4. The van der Waals surface area contributed by atoms with Crippen molar-refractivity contribution < 1.29 is 18.0 Å². The molecule has 1 aliphatic carbocycles. The lowest BCUT2D eigenvalue weighted by Gasteiger charge is -2.32. The fraction of sp³-hybridized carbons (Fsp3) is 0.688. The Hall–Kier alpha value is -1.08. The number of piperidine rings is 1. The number of rotatable bonds is 4. The molecule has 2 heterocycles. The average molecular weight is 346 g/mol. The molecule has 1 amide bonds. The average Bonchev–Trinajstić information content (AvgIpc) is 3.14. The second-order valence-electron chi connectivity index (χ2n) is 6.59. The number of nitrogens with zero attached hydrogens (tertiary/aromatic N) is 1. The lowest BCUT2D eigenvalue weighted by atomic mass is 10.0. The van der Waals surface area contributed by atoms with Crippen LogP contribution in [0.2, 0.25) is 0 Å². The lowest BCUT2D eigenvalue weighted by molar-refractivity contribution is -0.148. The van der Waals surface area contributed by atoms with Gasteiger partial charge in [0.25, 0.3) is 0 Å². The van der Waals surface area contributed by atoms with Gasteiger partial charge in [-0.1, -0.05) is 0 Å². The molecule has 1 saturated heterocycles. The summed E-state index contributed by atoms with van der Waals surface area (Å²) in [6.07, 6.45) is -2.07. The number of amides is 1. The van der Waals surface area contributed by atoms with Crippen molar-refractivity contribution in [2.75, 3.05) is 19.6 Å². The van der Waals surface area contributed by atoms with Crippen molar-refractivity contribution in [1.82, 2.24) is 10.2 Å². The van der Waals surface area contributed by atoms with Crippen LogP contribution < -0.4 is 5.32 Å². The number of hydrogen-bond donors (Lipinski definition) is 1. The highest BCUT2D eigenvalue weighted by Gasteiger charge is 2.45. The summed E-state index contributed by atoms with van der Waals surface area (Å²) in [4.78, 5) is 15.0. The summed E-state index contributed by atoms with van der Waals surface area (Å²) in [5, 5.41) is 5.08. The van der Waals surface area contributed by atoms with Gasteiger partial charge in [0.1, 0.15) is 0 Å². The quantitative estimate of drug-likeness (QED) is 0.907. The molecule has 2 fully saturated rings. The molecule has 1 aromatic rings. The number of thiophene rings is 1. The standard InChI is InChI=1S/C16H21F3N2OS/c1-10-4-7-23-14(10)12-8-13(12)15(22)20-11-2-5-21(6-3-11)9-16(17,18)19/h4,7,11-13H,2-3,5-6,8-9H2,1H3,(H,20,22)/t12-,13-/m1/s1. The van der Waals surface area contributed by atoms with Crippen LogP contribution in [0.25, 0.3) is 0 Å². The predicted molar refractivity (Wildman–Crippen MR) is 83.6 cm³/mol. The molecule has 0 bridgehead atoms. The normalized spacial score (nSPS) is 26.3. The maximum absolute atomic E-state index is 12.4. The van der Waals surface area contributed by atoms with Gasteiger partial charge in [-0.3, -0.25) is 9.69 Å². The van der Waals surface area contributed by atoms with E-state index in [0.717, 1.165) is 6.42 Å². The molecule has 3 nitrogen and oxygen atoms in total. The van der Waals surface area contributed by atoms with Gasteiger partial charge < -0.3 is 5.32 Å². The highest BCUT2D eigenvalue weighted by Crippen LogP contribution is 2.50. The van der Waals surface area contributed by atoms with Crippen LogP contribution in [-0.2, 0) is 4.79 Å². The van der Waals surface area contributed by atoms with E-state index in [1.807, 2.05) is 5.38 Å². The van der Waals surface area contributed by atoms with Gasteiger partial charge in [0, 0.05) is 35.8 Å². The van der Waals surface area contributed by atoms with Crippen LogP contribution in [0.15, 0.2) is 11.4 Å². The summed E-state index contributed by atoms with van der Waals surface area (Å²) < 4.78 is 37.1. The highest BCUT2D eigenvalue weighted by atomic mass is 32.1. The number of aryl methyl sites for hydroxylation is 1.